The van der Waals surface area contributed by atoms with Crippen LogP contribution in [-0.2, 0) is 17.9 Å². The Kier molecular flexibility index (Phi) is 9.43. The summed E-state index contributed by atoms with van der Waals surface area (Å²) in [4.78, 5) is 12.5. The van der Waals surface area contributed by atoms with Gasteiger partial charge in [0.05, 0.1) is 26.1 Å². The molecule has 0 spiro atoms. The third kappa shape index (κ3) is 7.00. The van der Waals surface area contributed by atoms with Crippen molar-refractivity contribution in [2.24, 2.45) is 0 Å². The summed E-state index contributed by atoms with van der Waals surface area (Å²) in [6.07, 6.45) is 1.52. The first-order valence-electron chi connectivity index (χ1n) is 9.89. The molecule has 9 heteroatoms. The van der Waals surface area contributed by atoms with Crippen molar-refractivity contribution in [3.63, 3.8) is 0 Å². The van der Waals surface area contributed by atoms with Gasteiger partial charge >= 0.3 is 0 Å². The van der Waals surface area contributed by atoms with E-state index < -0.39 is 5.91 Å². The highest BCUT2D eigenvalue weighted by Gasteiger charge is 2.13. The molecule has 0 atom stereocenters. The fraction of sp³-hybridized carbons (Fsp3) is 0.120. The number of nitriles is 1. The van der Waals surface area contributed by atoms with Crippen LogP contribution >= 0.6 is 55.1 Å². The van der Waals surface area contributed by atoms with E-state index >= 15 is 0 Å². The van der Waals surface area contributed by atoms with Crippen LogP contribution in [0.2, 0.25) is 10.0 Å². The maximum atomic E-state index is 12.5. The highest BCUT2D eigenvalue weighted by atomic mass is 79.9. The number of hydrogen-bond donors (Lipinski definition) is 1. The summed E-state index contributed by atoms with van der Waals surface area (Å²) < 4.78 is 12.4. The molecule has 0 saturated carbocycles. The summed E-state index contributed by atoms with van der Waals surface area (Å²) in [5, 5.41) is 13.2. The van der Waals surface area contributed by atoms with Gasteiger partial charge in [-0.15, -0.1) is 0 Å². The van der Waals surface area contributed by atoms with Crippen LogP contribution in [0.1, 0.15) is 16.7 Å². The Labute approximate surface area is 224 Å². The summed E-state index contributed by atoms with van der Waals surface area (Å²) in [7, 11) is 1.59. The molecule has 0 aromatic heterocycles. The quantitative estimate of drug-likeness (QED) is 0.210. The van der Waals surface area contributed by atoms with Gasteiger partial charge in [0.25, 0.3) is 5.91 Å². The zero-order valence-electron chi connectivity index (χ0n) is 17.9. The van der Waals surface area contributed by atoms with Crippen molar-refractivity contribution < 1.29 is 14.3 Å². The number of amides is 1. The molecule has 0 fully saturated rings. The zero-order chi connectivity index (χ0) is 24.7. The van der Waals surface area contributed by atoms with Crippen molar-refractivity contribution in [2.75, 3.05) is 7.11 Å². The lowest BCUT2D eigenvalue weighted by molar-refractivity contribution is -0.117. The molecule has 0 aliphatic heterocycles. The Hall–Kier alpha value is -2.50. The lowest BCUT2D eigenvalue weighted by Gasteiger charge is -2.12. The zero-order valence-corrected chi connectivity index (χ0v) is 22.6. The van der Waals surface area contributed by atoms with E-state index in [0.717, 1.165) is 16.9 Å². The highest BCUT2D eigenvalue weighted by Crippen LogP contribution is 2.36. The minimum Gasteiger partial charge on any atom is -0.497 e. The number of ether oxygens (including phenoxy) is 2. The third-order valence-corrected chi connectivity index (χ3v) is 6.59. The molecule has 3 aromatic rings. The summed E-state index contributed by atoms with van der Waals surface area (Å²) in [6.45, 7) is 0.567. The maximum absolute atomic E-state index is 12.5. The van der Waals surface area contributed by atoms with Crippen LogP contribution in [0.5, 0.6) is 11.5 Å². The normalized spacial score (nSPS) is 11.0. The van der Waals surface area contributed by atoms with Crippen LogP contribution in [0.3, 0.4) is 0 Å². The topological polar surface area (TPSA) is 71.3 Å². The molecule has 0 radical (unpaired) electrons. The van der Waals surface area contributed by atoms with Crippen LogP contribution in [0.25, 0.3) is 6.08 Å². The second kappa shape index (κ2) is 12.3. The van der Waals surface area contributed by atoms with E-state index in [1.165, 1.54) is 6.08 Å². The number of benzene rings is 3. The molecule has 3 aromatic carbocycles. The molecule has 0 unspecified atom stereocenters. The average molecular weight is 625 g/mol. The van der Waals surface area contributed by atoms with Gasteiger partial charge in [-0.2, -0.15) is 5.26 Å². The monoisotopic (exact) mass is 622 g/mol. The Morgan fingerprint density at radius 1 is 1.03 bits per heavy atom. The molecule has 0 aliphatic carbocycles. The lowest BCUT2D eigenvalue weighted by atomic mass is 10.1. The molecule has 0 aliphatic rings. The summed E-state index contributed by atoms with van der Waals surface area (Å²) >= 11 is 19.0. The first kappa shape index (κ1) is 26.1. The molecule has 5 nitrogen and oxygen atoms in total. The van der Waals surface area contributed by atoms with E-state index in [9.17, 15) is 10.1 Å². The Balaban J connectivity index is 1.69. The molecule has 0 heterocycles. The van der Waals surface area contributed by atoms with Crippen LogP contribution in [-0.4, -0.2) is 13.0 Å². The van der Waals surface area contributed by atoms with Gasteiger partial charge in [-0.3, -0.25) is 4.79 Å². The third-order valence-electron chi connectivity index (χ3n) is 4.68. The number of hydrogen-bond acceptors (Lipinski definition) is 4. The maximum Gasteiger partial charge on any atom is 0.262 e. The fourth-order valence-corrected chi connectivity index (χ4v) is 4.69. The predicted molar refractivity (Wildman–Crippen MR) is 141 cm³/mol. The minimum atomic E-state index is -0.467. The van der Waals surface area contributed by atoms with Gasteiger partial charge < -0.3 is 14.8 Å². The van der Waals surface area contributed by atoms with E-state index in [1.54, 1.807) is 31.4 Å². The van der Waals surface area contributed by atoms with Gasteiger partial charge in [0.15, 0.2) is 0 Å². The van der Waals surface area contributed by atoms with Crippen molar-refractivity contribution in [1.82, 2.24) is 5.32 Å². The van der Waals surface area contributed by atoms with Gasteiger partial charge in [-0.25, -0.2) is 0 Å². The number of carbonyl (C=O) groups excluding carboxylic acids is 1. The molecule has 3 rings (SSSR count). The molecule has 1 N–H and O–H groups in total. The van der Waals surface area contributed by atoms with Gasteiger partial charge in [-0.1, -0.05) is 41.4 Å². The average Bonchev–Trinajstić information content (AvgIpc) is 2.83. The minimum absolute atomic E-state index is 0.0169. The van der Waals surface area contributed by atoms with E-state index in [4.69, 9.17) is 32.7 Å². The molecule has 34 heavy (non-hydrogen) atoms. The Bertz CT molecular complexity index is 1250. The van der Waals surface area contributed by atoms with Crippen molar-refractivity contribution in [2.45, 2.75) is 13.2 Å². The second-order valence-electron chi connectivity index (χ2n) is 7.05. The smallest absolute Gasteiger partial charge is 0.262 e. The first-order valence-corrected chi connectivity index (χ1v) is 12.2. The standard InChI is InChI=1S/C25H18Br2Cl2N2O3/c1-33-19-5-2-15(3-6-19)13-31-25(32)18(12-30)8-17-9-20(26)24(21(27)10-17)34-14-16-4-7-22(28)23(29)11-16/h2-11H,13-14H2,1H3,(H,31,32)/b18-8-. The van der Waals surface area contributed by atoms with Gasteiger partial charge in [0.2, 0.25) is 0 Å². The highest BCUT2D eigenvalue weighted by molar-refractivity contribution is 9.11. The number of halogens is 4. The molecular formula is C25H18Br2Cl2N2O3. The van der Waals surface area contributed by atoms with Crippen LogP contribution in [0.15, 0.2) is 69.1 Å². The second-order valence-corrected chi connectivity index (χ2v) is 9.57. The molecule has 0 bridgehead atoms. The van der Waals surface area contributed by atoms with E-state index in [2.05, 4.69) is 37.2 Å². The van der Waals surface area contributed by atoms with E-state index in [1.807, 2.05) is 36.4 Å². The number of carbonyl (C=O) groups is 1. The SMILES string of the molecule is COc1ccc(CNC(=O)/C(C#N)=C\c2cc(Br)c(OCc3ccc(Cl)c(Cl)c3)c(Br)c2)cc1. The number of nitrogens with zero attached hydrogens (tertiary/aromatic N) is 1. The number of nitrogens with one attached hydrogen (secondary N) is 1. The lowest BCUT2D eigenvalue weighted by Crippen LogP contribution is -2.23. The fourth-order valence-electron chi connectivity index (χ4n) is 2.92. The van der Waals surface area contributed by atoms with Crippen molar-refractivity contribution in [1.29, 1.82) is 5.26 Å². The van der Waals surface area contributed by atoms with Crippen LogP contribution in [0, 0.1) is 11.3 Å². The molecule has 0 saturated heterocycles. The van der Waals surface area contributed by atoms with Crippen LogP contribution in [0.4, 0.5) is 0 Å². The van der Waals surface area contributed by atoms with Gasteiger partial charge in [-0.05, 0) is 91.0 Å². The van der Waals surface area contributed by atoms with Crippen LogP contribution < -0.4 is 14.8 Å². The number of rotatable bonds is 8. The van der Waals surface area contributed by atoms with Gasteiger partial charge in [0, 0.05) is 6.54 Å². The van der Waals surface area contributed by atoms with Crippen molar-refractivity contribution in [3.8, 4) is 17.6 Å². The summed E-state index contributed by atoms with van der Waals surface area (Å²) in [5.74, 6) is 0.837. The summed E-state index contributed by atoms with van der Waals surface area (Å²) in [5.41, 5.74) is 2.38. The predicted octanol–water partition coefficient (Wildman–Crippen LogP) is 7.33. The van der Waals surface area contributed by atoms with E-state index in [-0.39, 0.29) is 18.7 Å². The number of methoxy groups -OCH3 is 1. The molecule has 174 valence electrons. The largest absolute Gasteiger partial charge is 0.497 e. The van der Waals surface area contributed by atoms with Crippen molar-refractivity contribution in [3.05, 3.63) is 95.9 Å². The summed E-state index contributed by atoms with van der Waals surface area (Å²) in [6, 6.07) is 18.1. The van der Waals surface area contributed by atoms with E-state index in [0.29, 0.717) is 30.3 Å². The van der Waals surface area contributed by atoms with Gasteiger partial charge in [0.1, 0.15) is 29.7 Å². The Morgan fingerprint density at radius 3 is 2.26 bits per heavy atom. The molecular weight excluding hydrogens is 607 g/mol. The molecule has 1 amide bonds. The Morgan fingerprint density at radius 2 is 1.68 bits per heavy atom. The van der Waals surface area contributed by atoms with Crippen molar-refractivity contribution >= 4 is 67.0 Å². The first-order chi connectivity index (χ1) is 16.3.